The maximum Gasteiger partial charge on any atom is 0.307 e. The van der Waals surface area contributed by atoms with Gasteiger partial charge in [-0.3, -0.25) is 4.90 Å². The van der Waals surface area contributed by atoms with Gasteiger partial charge in [0, 0.05) is 17.7 Å². The van der Waals surface area contributed by atoms with Gasteiger partial charge in [-0.25, -0.2) is 0 Å². The van der Waals surface area contributed by atoms with Crippen LogP contribution in [-0.2, 0) is 5.41 Å². The summed E-state index contributed by atoms with van der Waals surface area (Å²) >= 11 is 0. The van der Waals surface area contributed by atoms with Crippen LogP contribution in [-0.4, -0.2) is 4.98 Å². The Morgan fingerprint density at radius 3 is 1.77 bits per heavy atom. The molecule has 0 saturated carbocycles. The number of fused-ring (bicyclic) bond motifs is 4. The van der Waals surface area contributed by atoms with E-state index in [4.69, 9.17) is 14.1 Å². The van der Waals surface area contributed by atoms with Crippen molar-refractivity contribution < 1.29 is 9.15 Å². The summed E-state index contributed by atoms with van der Waals surface area (Å²) in [4.78, 5) is 7.21. The number of anilines is 4. The van der Waals surface area contributed by atoms with E-state index in [1.807, 2.05) is 30.3 Å². The van der Waals surface area contributed by atoms with E-state index in [1.54, 1.807) is 0 Å². The summed E-state index contributed by atoms with van der Waals surface area (Å²) < 4.78 is 12.9. The SMILES string of the molecule is c1ccc(C2Nc3cc4oc(N5c6ccccc6C(c6ccccc6)(c6ccccc6)c6ccccc65)nc4cc3O2)cc1. The lowest BCUT2D eigenvalue weighted by Crippen LogP contribution is -2.37. The topological polar surface area (TPSA) is 50.5 Å². The van der Waals surface area contributed by atoms with E-state index in [2.05, 4.69) is 132 Å². The minimum absolute atomic E-state index is 0.248. The van der Waals surface area contributed by atoms with Gasteiger partial charge in [0.1, 0.15) is 11.3 Å². The van der Waals surface area contributed by atoms with Crippen molar-refractivity contribution in [1.29, 1.82) is 0 Å². The minimum atomic E-state index is -0.538. The highest BCUT2D eigenvalue weighted by atomic mass is 16.5. The van der Waals surface area contributed by atoms with Gasteiger partial charge < -0.3 is 14.5 Å². The molecule has 0 saturated heterocycles. The predicted molar refractivity (Wildman–Crippen MR) is 174 cm³/mol. The first-order valence-electron chi connectivity index (χ1n) is 14.8. The summed E-state index contributed by atoms with van der Waals surface area (Å²) in [5.74, 6) is 0.762. The number of hydrogen-bond acceptors (Lipinski definition) is 5. The van der Waals surface area contributed by atoms with Crippen molar-refractivity contribution in [2.45, 2.75) is 11.6 Å². The fourth-order valence-electron chi connectivity index (χ4n) is 6.94. The second-order valence-corrected chi connectivity index (χ2v) is 11.2. The van der Waals surface area contributed by atoms with Crippen LogP contribution in [0.3, 0.4) is 0 Å². The van der Waals surface area contributed by atoms with Gasteiger partial charge in [-0.15, -0.1) is 0 Å². The molecule has 3 heterocycles. The smallest absolute Gasteiger partial charge is 0.307 e. The van der Waals surface area contributed by atoms with Crippen molar-refractivity contribution in [1.82, 2.24) is 4.98 Å². The molecular weight excluding hydrogens is 542 g/mol. The van der Waals surface area contributed by atoms with Crippen LogP contribution in [0, 0.1) is 0 Å². The molecule has 1 aromatic heterocycles. The molecule has 0 fully saturated rings. The van der Waals surface area contributed by atoms with Crippen LogP contribution in [0.25, 0.3) is 11.1 Å². The van der Waals surface area contributed by atoms with Crippen LogP contribution < -0.4 is 15.0 Å². The number of ether oxygens (including phenoxy) is 1. The second kappa shape index (κ2) is 9.61. The molecule has 1 N–H and O–H groups in total. The molecule has 0 spiro atoms. The number of oxazole rings is 1. The number of hydrogen-bond donors (Lipinski definition) is 1. The third-order valence-corrected chi connectivity index (χ3v) is 8.82. The van der Waals surface area contributed by atoms with Crippen LogP contribution in [0.2, 0.25) is 0 Å². The Bertz CT molecular complexity index is 2010. The molecule has 1 unspecified atom stereocenters. The average molecular weight is 570 g/mol. The second-order valence-electron chi connectivity index (χ2n) is 11.2. The van der Waals surface area contributed by atoms with Crippen LogP contribution in [0.4, 0.5) is 23.1 Å². The molecule has 0 amide bonds. The van der Waals surface area contributed by atoms with E-state index >= 15 is 0 Å². The number of nitrogens with zero attached hydrogens (tertiary/aromatic N) is 2. The average Bonchev–Trinajstić information content (AvgIpc) is 3.70. The van der Waals surface area contributed by atoms with Gasteiger partial charge in [-0.05, 0) is 34.4 Å². The lowest BCUT2D eigenvalue weighted by Gasteiger charge is -2.45. The van der Waals surface area contributed by atoms with Gasteiger partial charge >= 0.3 is 6.01 Å². The first kappa shape index (κ1) is 24.8. The van der Waals surface area contributed by atoms with Crippen molar-refractivity contribution in [2.75, 3.05) is 10.2 Å². The predicted octanol–water partition coefficient (Wildman–Crippen LogP) is 9.50. The zero-order valence-electron chi connectivity index (χ0n) is 23.7. The fraction of sp³-hybridized carbons (Fsp3) is 0.0513. The summed E-state index contributed by atoms with van der Waals surface area (Å²) in [6, 6.07) is 53.4. The summed E-state index contributed by atoms with van der Waals surface area (Å²) in [5, 5.41) is 3.49. The van der Waals surface area contributed by atoms with E-state index in [-0.39, 0.29) is 6.23 Å². The zero-order valence-corrected chi connectivity index (χ0v) is 23.7. The van der Waals surface area contributed by atoms with Crippen molar-refractivity contribution in [2.24, 2.45) is 0 Å². The Morgan fingerprint density at radius 1 is 0.614 bits per heavy atom. The Balaban J connectivity index is 1.23. The molecule has 0 bridgehead atoms. The van der Waals surface area contributed by atoms with Crippen LogP contribution in [0.15, 0.2) is 156 Å². The standard InChI is InChI=1S/C39H27N3O2/c1-4-14-26(15-5-1)37-40-31-24-36-32(25-35(31)43-37)41-38(44-36)42-33-22-12-10-20-29(33)39(27-16-6-2-7-17-27,28-18-8-3-9-19-28)30-21-11-13-23-34(30)42/h1-25,37,40H. The van der Waals surface area contributed by atoms with Crippen LogP contribution in [0.5, 0.6) is 5.75 Å². The third kappa shape index (κ3) is 3.56. The molecule has 9 rings (SSSR count). The molecule has 0 radical (unpaired) electrons. The first-order chi connectivity index (χ1) is 21.8. The van der Waals surface area contributed by atoms with E-state index in [0.29, 0.717) is 11.6 Å². The molecule has 6 aromatic carbocycles. The lowest BCUT2D eigenvalue weighted by atomic mass is 9.62. The summed E-state index contributed by atoms with van der Waals surface area (Å²) in [5.41, 5.74) is 9.64. The quantitative estimate of drug-likeness (QED) is 0.229. The summed E-state index contributed by atoms with van der Waals surface area (Å²) in [6.45, 7) is 0. The largest absolute Gasteiger partial charge is 0.464 e. The normalized spacial score (nSPS) is 16.0. The molecule has 2 aliphatic heterocycles. The van der Waals surface area contributed by atoms with E-state index in [9.17, 15) is 0 Å². The van der Waals surface area contributed by atoms with Crippen molar-refractivity contribution in [3.05, 3.63) is 179 Å². The minimum Gasteiger partial charge on any atom is -0.464 e. The Hall–Kier alpha value is -5.81. The molecule has 210 valence electrons. The monoisotopic (exact) mass is 569 g/mol. The van der Waals surface area contributed by atoms with E-state index < -0.39 is 5.41 Å². The number of benzene rings is 6. The van der Waals surface area contributed by atoms with Crippen LogP contribution in [0.1, 0.15) is 34.0 Å². The van der Waals surface area contributed by atoms with Gasteiger partial charge in [-0.2, -0.15) is 4.98 Å². The van der Waals surface area contributed by atoms with Gasteiger partial charge in [-0.1, -0.05) is 127 Å². The van der Waals surface area contributed by atoms with Gasteiger partial charge in [0.2, 0.25) is 0 Å². The molecular formula is C39H27N3O2. The number of para-hydroxylation sites is 2. The Morgan fingerprint density at radius 2 is 1.16 bits per heavy atom. The zero-order chi connectivity index (χ0) is 29.1. The van der Waals surface area contributed by atoms with Crippen molar-refractivity contribution in [3.8, 4) is 5.75 Å². The fourth-order valence-corrected chi connectivity index (χ4v) is 6.94. The van der Waals surface area contributed by atoms with Gasteiger partial charge in [0.05, 0.1) is 22.5 Å². The number of nitrogens with one attached hydrogen (secondary N) is 1. The molecule has 1 atom stereocenters. The molecule has 7 aromatic rings. The highest BCUT2D eigenvalue weighted by Gasteiger charge is 2.47. The van der Waals surface area contributed by atoms with Crippen molar-refractivity contribution in [3.63, 3.8) is 0 Å². The molecule has 0 aliphatic carbocycles. The summed E-state index contributed by atoms with van der Waals surface area (Å²) in [6.07, 6.45) is -0.248. The molecule has 2 aliphatic rings. The number of rotatable bonds is 4. The van der Waals surface area contributed by atoms with Gasteiger partial charge in [0.15, 0.2) is 11.8 Å². The maximum atomic E-state index is 6.59. The van der Waals surface area contributed by atoms with E-state index in [1.165, 1.54) is 11.1 Å². The maximum absolute atomic E-state index is 6.59. The van der Waals surface area contributed by atoms with Gasteiger partial charge in [0.25, 0.3) is 0 Å². The molecule has 44 heavy (non-hydrogen) atoms. The Labute approximate surface area is 255 Å². The lowest BCUT2D eigenvalue weighted by molar-refractivity contribution is 0.260. The van der Waals surface area contributed by atoms with Crippen molar-refractivity contribution >= 4 is 34.2 Å². The highest BCUT2D eigenvalue weighted by Crippen LogP contribution is 2.57. The molecule has 5 nitrogen and oxygen atoms in total. The number of aromatic nitrogens is 1. The Kier molecular flexibility index (Phi) is 5.41. The van der Waals surface area contributed by atoms with Crippen LogP contribution >= 0.6 is 0 Å². The molecule has 5 heteroatoms. The van der Waals surface area contributed by atoms with E-state index in [0.717, 1.165) is 45.0 Å². The summed E-state index contributed by atoms with van der Waals surface area (Å²) in [7, 11) is 0. The first-order valence-corrected chi connectivity index (χ1v) is 14.8. The highest BCUT2D eigenvalue weighted by molar-refractivity contribution is 5.90. The third-order valence-electron chi connectivity index (χ3n) is 8.82.